The molecule has 7 heteroatoms. The lowest BCUT2D eigenvalue weighted by Crippen LogP contribution is -2.12. The van der Waals surface area contributed by atoms with Gasteiger partial charge < -0.3 is 10.6 Å². The van der Waals surface area contributed by atoms with Crippen molar-refractivity contribution in [1.29, 1.82) is 0 Å². The Labute approximate surface area is 122 Å². The van der Waals surface area contributed by atoms with Gasteiger partial charge in [-0.2, -0.15) is 0 Å². The number of rotatable bonds is 5. The molecule has 0 bridgehead atoms. The fourth-order valence-electron chi connectivity index (χ4n) is 2.20. The van der Waals surface area contributed by atoms with E-state index in [1.807, 2.05) is 38.1 Å². The molecule has 21 heavy (non-hydrogen) atoms. The van der Waals surface area contributed by atoms with Gasteiger partial charge in [-0.15, -0.1) is 0 Å². The van der Waals surface area contributed by atoms with E-state index in [2.05, 4.69) is 20.6 Å². The summed E-state index contributed by atoms with van der Waals surface area (Å²) in [5.74, 6) is 0.393. The van der Waals surface area contributed by atoms with Crippen LogP contribution in [0.25, 0.3) is 0 Å². The van der Waals surface area contributed by atoms with E-state index in [0.29, 0.717) is 0 Å². The fourth-order valence-corrected chi connectivity index (χ4v) is 2.20. The van der Waals surface area contributed by atoms with E-state index in [1.165, 1.54) is 6.33 Å². The number of nitrogens with one attached hydrogen (secondary N) is 2. The Hall–Kier alpha value is -2.70. The first-order valence-corrected chi connectivity index (χ1v) is 6.53. The minimum absolute atomic E-state index is 0.107. The second-order valence-electron chi connectivity index (χ2n) is 4.65. The minimum Gasteiger partial charge on any atom is -0.367 e. The highest BCUT2D eigenvalue weighted by molar-refractivity contribution is 5.69. The quantitative estimate of drug-likeness (QED) is 0.648. The number of benzene rings is 1. The van der Waals surface area contributed by atoms with Gasteiger partial charge >= 0.3 is 5.69 Å². The normalized spacial score (nSPS) is 11.8. The van der Waals surface area contributed by atoms with Crippen molar-refractivity contribution in [2.45, 2.75) is 19.9 Å². The van der Waals surface area contributed by atoms with Gasteiger partial charge in [0.2, 0.25) is 11.6 Å². The largest absolute Gasteiger partial charge is 0.367 e. The predicted octanol–water partition coefficient (Wildman–Crippen LogP) is 2.91. The van der Waals surface area contributed by atoms with Crippen LogP contribution in [0.1, 0.15) is 24.1 Å². The molecule has 0 amide bonds. The second kappa shape index (κ2) is 6.17. The molecule has 1 aromatic heterocycles. The minimum atomic E-state index is -0.487. The van der Waals surface area contributed by atoms with Crippen LogP contribution in [0.15, 0.2) is 30.6 Å². The molecule has 1 aromatic carbocycles. The lowest BCUT2D eigenvalue weighted by Gasteiger charge is -2.17. The average molecular weight is 287 g/mol. The van der Waals surface area contributed by atoms with Crippen LogP contribution in [0.2, 0.25) is 0 Å². The third-order valence-corrected chi connectivity index (χ3v) is 3.25. The number of hydrogen-bond donors (Lipinski definition) is 2. The summed E-state index contributed by atoms with van der Waals surface area (Å²) in [4.78, 5) is 18.6. The van der Waals surface area contributed by atoms with Crippen LogP contribution in [0.3, 0.4) is 0 Å². The first-order valence-electron chi connectivity index (χ1n) is 6.53. The standard InChI is InChI=1S/C14H17N5O2/c1-9-6-4-5-7-11(9)10(2)18-14-12(19(20)21)13(15-3)16-8-17-14/h4-8,10H,1-3H3,(H2,15,16,17,18). The molecular formula is C14H17N5O2. The molecule has 7 nitrogen and oxygen atoms in total. The third kappa shape index (κ3) is 3.07. The van der Waals surface area contributed by atoms with Crippen molar-refractivity contribution in [3.05, 3.63) is 51.8 Å². The van der Waals surface area contributed by atoms with E-state index < -0.39 is 4.92 Å². The van der Waals surface area contributed by atoms with Gasteiger partial charge in [-0.1, -0.05) is 24.3 Å². The summed E-state index contributed by atoms with van der Waals surface area (Å²) in [5, 5.41) is 17.0. The smallest absolute Gasteiger partial charge is 0.353 e. The molecule has 2 rings (SSSR count). The molecule has 0 aliphatic heterocycles. The van der Waals surface area contributed by atoms with Gasteiger partial charge in [-0.05, 0) is 25.0 Å². The molecule has 0 saturated heterocycles. The molecule has 1 atom stereocenters. The van der Waals surface area contributed by atoms with Crippen LogP contribution in [0.4, 0.5) is 17.3 Å². The summed E-state index contributed by atoms with van der Waals surface area (Å²) in [6, 6.07) is 7.77. The Bertz CT molecular complexity index is 660. The molecule has 0 radical (unpaired) electrons. The highest BCUT2D eigenvalue weighted by atomic mass is 16.6. The summed E-state index contributed by atoms with van der Waals surface area (Å²) in [7, 11) is 1.59. The molecule has 0 aliphatic carbocycles. The van der Waals surface area contributed by atoms with Crippen molar-refractivity contribution < 1.29 is 4.92 Å². The maximum atomic E-state index is 11.2. The first kappa shape index (κ1) is 14.7. The molecule has 2 N–H and O–H groups in total. The molecule has 1 heterocycles. The first-order chi connectivity index (χ1) is 10.0. The van der Waals surface area contributed by atoms with Crippen LogP contribution in [0, 0.1) is 17.0 Å². The van der Waals surface area contributed by atoms with E-state index in [0.717, 1.165) is 11.1 Å². The van der Waals surface area contributed by atoms with Gasteiger partial charge in [0.1, 0.15) is 6.33 Å². The molecule has 0 saturated carbocycles. The van der Waals surface area contributed by atoms with Gasteiger partial charge in [0.15, 0.2) is 0 Å². The van der Waals surface area contributed by atoms with Gasteiger partial charge in [0.25, 0.3) is 0 Å². The number of anilines is 2. The Morgan fingerprint density at radius 3 is 2.52 bits per heavy atom. The van der Waals surface area contributed by atoms with Crippen molar-refractivity contribution in [2.75, 3.05) is 17.7 Å². The van der Waals surface area contributed by atoms with Crippen molar-refractivity contribution in [3.63, 3.8) is 0 Å². The van der Waals surface area contributed by atoms with Crippen molar-refractivity contribution in [1.82, 2.24) is 9.97 Å². The Balaban J connectivity index is 2.36. The van der Waals surface area contributed by atoms with Gasteiger partial charge in [0.05, 0.1) is 11.0 Å². The summed E-state index contributed by atoms with van der Waals surface area (Å²) >= 11 is 0. The van der Waals surface area contributed by atoms with Crippen LogP contribution in [0.5, 0.6) is 0 Å². The SMILES string of the molecule is CNc1ncnc(NC(C)c2ccccc2C)c1[N+](=O)[O-]. The highest BCUT2D eigenvalue weighted by Gasteiger charge is 2.23. The summed E-state index contributed by atoms with van der Waals surface area (Å²) in [6.07, 6.45) is 1.30. The molecule has 1 unspecified atom stereocenters. The monoisotopic (exact) mass is 287 g/mol. The fraction of sp³-hybridized carbons (Fsp3) is 0.286. The van der Waals surface area contributed by atoms with Crippen molar-refractivity contribution in [3.8, 4) is 0 Å². The molecular weight excluding hydrogens is 270 g/mol. The van der Waals surface area contributed by atoms with Crippen LogP contribution in [-0.2, 0) is 0 Å². The predicted molar refractivity (Wildman–Crippen MR) is 81.4 cm³/mol. The molecule has 2 aromatic rings. The Kier molecular flexibility index (Phi) is 4.32. The van der Waals surface area contributed by atoms with E-state index in [-0.39, 0.29) is 23.4 Å². The third-order valence-electron chi connectivity index (χ3n) is 3.25. The van der Waals surface area contributed by atoms with Crippen LogP contribution >= 0.6 is 0 Å². The lowest BCUT2D eigenvalue weighted by molar-refractivity contribution is -0.383. The number of nitro groups is 1. The summed E-state index contributed by atoms with van der Waals surface area (Å²) in [6.45, 7) is 3.94. The van der Waals surface area contributed by atoms with Crippen molar-refractivity contribution >= 4 is 17.3 Å². The topological polar surface area (TPSA) is 93.0 Å². The summed E-state index contributed by atoms with van der Waals surface area (Å²) < 4.78 is 0. The zero-order valence-corrected chi connectivity index (χ0v) is 12.1. The Morgan fingerprint density at radius 1 is 1.24 bits per heavy atom. The van der Waals surface area contributed by atoms with Crippen LogP contribution < -0.4 is 10.6 Å². The maximum Gasteiger partial charge on any atom is 0.353 e. The van der Waals surface area contributed by atoms with E-state index >= 15 is 0 Å². The van der Waals surface area contributed by atoms with E-state index in [1.54, 1.807) is 7.05 Å². The summed E-state index contributed by atoms with van der Waals surface area (Å²) in [5.41, 5.74) is 2.03. The van der Waals surface area contributed by atoms with Crippen molar-refractivity contribution in [2.24, 2.45) is 0 Å². The van der Waals surface area contributed by atoms with Gasteiger partial charge in [-0.3, -0.25) is 10.1 Å². The van der Waals surface area contributed by atoms with Crippen LogP contribution in [-0.4, -0.2) is 21.9 Å². The number of aromatic nitrogens is 2. The molecule has 0 spiro atoms. The second-order valence-corrected chi connectivity index (χ2v) is 4.65. The highest BCUT2D eigenvalue weighted by Crippen LogP contribution is 2.31. The number of hydrogen-bond acceptors (Lipinski definition) is 6. The number of aryl methyl sites for hydroxylation is 1. The molecule has 0 aliphatic rings. The van der Waals surface area contributed by atoms with E-state index in [4.69, 9.17) is 0 Å². The van der Waals surface area contributed by atoms with Gasteiger partial charge in [-0.25, -0.2) is 9.97 Å². The zero-order valence-electron chi connectivity index (χ0n) is 12.1. The molecule has 0 fully saturated rings. The Morgan fingerprint density at radius 2 is 1.90 bits per heavy atom. The zero-order chi connectivity index (χ0) is 15.4. The lowest BCUT2D eigenvalue weighted by atomic mass is 10.0. The average Bonchev–Trinajstić information content (AvgIpc) is 2.46. The number of nitrogens with zero attached hydrogens (tertiary/aromatic N) is 3. The maximum absolute atomic E-state index is 11.2. The molecule has 110 valence electrons. The van der Waals surface area contributed by atoms with Gasteiger partial charge in [0, 0.05) is 7.05 Å². The van der Waals surface area contributed by atoms with E-state index in [9.17, 15) is 10.1 Å².